The fourth-order valence-corrected chi connectivity index (χ4v) is 6.07. The smallest absolute Gasteiger partial charge is 0.231 e. The summed E-state index contributed by atoms with van der Waals surface area (Å²) in [6, 6.07) is 9.95. The molecule has 2 aliphatic carbocycles. The highest BCUT2D eigenvalue weighted by Crippen LogP contribution is 2.59. The second-order valence-corrected chi connectivity index (χ2v) is 9.01. The first kappa shape index (κ1) is 17.3. The molecule has 1 atom stereocenters. The average molecular weight is 427 g/mol. The molecule has 0 radical (unpaired) electrons. The Morgan fingerprint density at radius 2 is 1.97 bits per heavy atom. The minimum atomic E-state index is 0.283. The summed E-state index contributed by atoms with van der Waals surface area (Å²) in [5, 5.41) is 4.75. The normalized spacial score (nSPS) is 17.8. The van der Waals surface area contributed by atoms with Crippen LogP contribution in [0.3, 0.4) is 0 Å². The van der Waals surface area contributed by atoms with E-state index in [9.17, 15) is 0 Å². The average Bonchev–Trinajstić information content (AvgIpc) is 3.51. The van der Waals surface area contributed by atoms with Crippen LogP contribution < -0.4 is 14.8 Å². The lowest BCUT2D eigenvalue weighted by atomic mass is 9.80. The van der Waals surface area contributed by atoms with Gasteiger partial charge in [0.1, 0.15) is 10.6 Å². The van der Waals surface area contributed by atoms with Crippen LogP contribution in [0.4, 0.5) is 5.82 Å². The number of nitrogens with zero attached hydrogens (tertiary/aromatic N) is 3. The number of aromatic nitrogens is 3. The van der Waals surface area contributed by atoms with Gasteiger partial charge in [-0.15, -0.1) is 11.3 Å². The Balaban J connectivity index is 1.32. The van der Waals surface area contributed by atoms with Crippen LogP contribution in [0.2, 0.25) is 0 Å². The van der Waals surface area contributed by atoms with Crippen molar-refractivity contribution in [2.75, 3.05) is 12.1 Å². The van der Waals surface area contributed by atoms with Gasteiger partial charge in [-0.1, -0.05) is 12.1 Å². The third-order valence-corrected chi connectivity index (χ3v) is 7.41. The number of anilines is 1. The van der Waals surface area contributed by atoms with Gasteiger partial charge >= 0.3 is 0 Å². The van der Waals surface area contributed by atoms with Gasteiger partial charge in [-0.25, -0.2) is 9.97 Å². The van der Waals surface area contributed by atoms with E-state index in [-0.39, 0.29) is 6.79 Å². The number of thiophene rings is 1. The molecule has 4 aromatic rings. The molecule has 6 nitrogen and oxygen atoms in total. The third kappa shape index (κ3) is 2.59. The van der Waals surface area contributed by atoms with Crippen molar-refractivity contribution >= 4 is 32.9 Å². The topological polar surface area (TPSA) is 69.2 Å². The summed E-state index contributed by atoms with van der Waals surface area (Å²) < 4.78 is 11.0. The van der Waals surface area contributed by atoms with Crippen LogP contribution in [-0.4, -0.2) is 21.7 Å². The summed E-state index contributed by atoms with van der Waals surface area (Å²) in [6.45, 7) is 0.928. The molecule has 3 aliphatic rings. The lowest BCUT2D eigenvalue weighted by molar-refractivity contribution is 0.174. The van der Waals surface area contributed by atoms with E-state index in [1.165, 1.54) is 28.9 Å². The summed E-state index contributed by atoms with van der Waals surface area (Å²) in [5.74, 6) is 3.80. The van der Waals surface area contributed by atoms with E-state index in [4.69, 9.17) is 19.4 Å². The van der Waals surface area contributed by atoms with Crippen LogP contribution in [-0.2, 0) is 6.54 Å². The van der Waals surface area contributed by atoms with Crippen LogP contribution in [0.1, 0.15) is 34.8 Å². The van der Waals surface area contributed by atoms with Crippen LogP contribution in [0.15, 0.2) is 48.8 Å². The van der Waals surface area contributed by atoms with Crippen molar-refractivity contribution in [3.8, 4) is 22.9 Å². The first-order valence-corrected chi connectivity index (χ1v) is 11.2. The highest BCUT2D eigenvalue weighted by Gasteiger charge is 2.39. The van der Waals surface area contributed by atoms with Gasteiger partial charge in [0, 0.05) is 40.9 Å². The Bertz CT molecular complexity index is 1380. The molecular formula is C24H18N4O2S. The van der Waals surface area contributed by atoms with Crippen LogP contribution in [0, 0.1) is 0 Å². The predicted octanol–water partition coefficient (Wildman–Crippen LogP) is 5.37. The summed E-state index contributed by atoms with van der Waals surface area (Å²) in [7, 11) is 0. The minimum Gasteiger partial charge on any atom is -0.454 e. The largest absolute Gasteiger partial charge is 0.454 e. The van der Waals surface area contributed by atoms with Gasteiger partial charge in [0.05, 0.1) is 5.39 Å². The van der Waals surface area contributed by atoms with Crippen LogP contribution >= 0.6 is 11.3 Å². The number of nitrogens with one attached hydrogen (secondary N) is 1. The molecule has 0 fully saturated rings. The van der Waals surface area contributed by atoms with Gasteiger partial charge in [0.25, 0.3) is 0 Å². The van der Waals surface area contributed by atoms with Crippen molar-refractivity contribution in [3.63, 3.8) is 0 Å². The molecule has 4 heterocycles. The number of rotatable bonds is 4. The van der Waals surface area contributed by atoms with Gasteiger partial charge in [-0.3, -0.25) is 4.98 Å². The predicted molar refractivity (Wildman–Crippen MR) is 120 cm³/mol. The van der Waals surface area contributed by atoms with Crippen molar-refractivity contribution in [2.24, 2.45) is 0 Å². The standard InChI is InChI=1S/C24H18N4O2S/c1-2-15-16(3-1)21-19(15)20-23(26-11-13-4-5-17-18(10-13)30-12-29-17)27-22(28-24(20)31-21)14-6-8-25-9-7-14/h2,4-10,16H,1,3,11-12H2,(H,26,27,28). The molecule has 0 amide bonds. The zero-order valence-electron chi connectivity index (χ0n) is 16.6. The zero-order valence-corrected chi connectivity index (χ0v) is 17.4. The molecule has 0 saturated heterocycles. The fraction of sp³-hybridized carbons (Fsp3) is 0.208. The second-order valence-electron chi connectivity index (χ2n) is 7.98. The quantitative estimate of drug-likeness (QED) is 0.473. The highest BCUT2D eigenvalue weighted by atomic mass is 32.1. The number of hydrogen-bond donors (Lipinski definition) is 1. The first-order chi connectivity index (χ1) is 15.3. The molecule has 152 valence electrons. The summed E-state index contributed by atoms with van der Waals surface area (Å²) in [4.78, 5) is 16.5. The van der Waals surface area contributed by atoms with Gasteiger partial charge in [0.2, 0.25) is 6.79 Å². The number of fused-ring (bicyclic) bond motifs is 7. The van der Waals surface area contributed by atoms with Gasteiger partial charge in [-0.2, -0.15) is 0 Å². The van der Waals surface area contributed by atoms with Crippen molar-refractivity contribution in [2.45, 2.75) is 25.3 Å². The molecule has 0 saturated carbocycles. The highest BCUT2D eigenvalue weighted by molar-refractivity contribution is 7.19. The Morgan fingerprint density at radius 1 is 1.06 bits per heavy atom. The van der Waals surface area contributed by atoms with E-state index in [0.717, 1.165) is 44.5 Å². The number of pyridine rings is 1. The van der Waals surface area contributed by atoms with Crippen molar-refractivity contribution < 1.29 is 9.47 Å². The SMILES string of the molecule is C1=C2c3c(sc4nc(-c5ccncc5)nc(NCc5ccc6c(c5)OCO6)c34)C2CC1. The van der Waals surface area contributed by atoms with Crippen LogP contribution in [0.25, 0.3) is 27.2 Å². The lowest BCUT2D eigenvalue weighted by Gasteiger charge is -2.26. The molecular weight excluding hydrogens is 408 g/mol. The van der Waals surface area contributed by atoms with E-state index in [1.807, 2.05) is 35.6 Å². The van der Waals surface area contributed by atoms with E-state index in [0.29, 0.717) is 12.5 Å². The lowest BCUT2D eigenvalue weighted by Crippen LogP contribution is -2.10. The first-order valence-electron chi connectivity index (χ1n) is 10.4. The minimum absolute atomic E-state index is 0.283. The maximum atomic E-state index is 5.53. The molecule has 1 aliphatic heterocycles. The molecule has 1 unspecified atom stereocenters. The Kier molecular flexibility index (Phi) is 3.63. The van der Waals surface area contributed by atoms with Gasteiger partial charge < -0.3 is 14.8 Å². The monoisotopic (exact) mass is 426 g/mol. The molecule has 3 aromatic heterocycles. The Hall–Kier alpha value is -3.45. The van der Waals surface area contributed by atoms with Crippen molar-refractivity contribution in [1.29, 1.82) is 0 Å². The second kappa shape index (κ2) is 6.52. The van der Waals surface area contributed by atoms with E-state index >= 15 is 0 Å². The van der Waals surface area contributed by atoms with Gasteiger partial charge in [0.15, 0.2) is 17.3 Å². The van der Waals surface area contributed by atoms with Crippen molar-refractivity contribution in [1.82, 2.24) is 15.0 Å². The zero-order chi connectivity index (χ0) is 20.4. The summed E-state index contributed by atoms with van der Waals surface area (Å²) in [6.07, 6.45) is 8.33. The number of allylic oxidation sites excluding steroid dienone is 2. The molecule has 1 N–H and O–H groups in total. The molecule has 7 rings (SSSR count). The fourth-order valence-electron chi connectivity index (χ4n) is 4.72. The van der Waals surface area contributed by atoms with Gasteiger partial charge in [-0.05, 0) is 48.2 Å². The molecule has 0 bridgehead atoms. The Morgan fingerprint density at radius 3 is 2.90 bits per heavy atom. The van der Waals surface area contributed by atoms with Crippen molar-refractivity contribution in [3.05, 3.63) is 64.8 Å². The maximum absolute atomic E-state index is 5.53. The summed E-state index contributed by atoms with van der Waals surface area (Å²) in [5.41, 5.74) is 4.93. The van der Waals surface area contributed by atoms with E-state index in [2.05, 4.69) is 22.4 Å². The van der Waals surface area contributed by atoms with Crippen LogP contribution in [0.5, 0.6) is 11.5 Å². The van der Waals surface area contributed by atoms with E-state index in [1.54, 1.807) is 12.4 Å². The summed E-state index contributed by atoms with van der Waals surface area (Å²) >= 11 is 1.82. The van der Waals surface area contributed by atoms with E-state index < -0.39 is 0 Å². The number of ether oxygens (including phenoxy) is 2. The number of benzene rings is 1. The number of hydrogen-bond acceptors (Lipinski definition) is 7. The molecule has 1 aromatic carbocycles. The Labute approximate surface area is 182 Å². The third-order valence-electron chi connectivity index (χ3n) is 6.21. The molecule has 0 spiro atoms. The molecule has 31 heavy (non-hydrogen) atoms. The maximum Gasteiger partial charge on any atom is 0.231 e. The molecule has 7 heteroatoms.